The Hall–Kier alpha value is -2.05. The summed E-state index contributed by atoms with van der Waals surface area (Å²) in [5.41, 5.74) is 1.84. The molecule has 2 aliphatic rings. The molecule has 2 aliphatic heterocycles. The number of carbonyl (C=O) groups is 2. The number of halogens is 3. The van der Waals surface area contributed by atoms with E-state index in [1.807, 2.05) is 11.9 Å². The van der Waals surface area contributed by atoms with Gasteiger partial charge in [-0.25, -0.2) is 4.90 Å². The molecule has 5 nitrogen and oxygen atoms in total. The zero-order chi connectivity index (χ0) is 20.7. The van der Waals surface area contributed by atoms with Gasteiger partial charge in [0, 0.05) is 31.2 Å². The molecule has 0 aromatic heterocycles. The smallest absolute Gasteiger partial charge is 0.282 e. The number of rotatable bonds is 3. The van der Waals surface area contributed by atoms with Crippen LogP contribution in [-0.2, 0) is 9.59 Å². The van der Waals surface area contributed by atoms with Crippen LogP contribution in [0.15, 0.2) is 48.2 Å². The highest BCUT2D eigenvalue weighted by molar-refractivity contribution is 6.46. The van der Waals surface area contributed by atoms with E-state index in [0.29, 0.717) is 45.7 Å². The number of nitrogens with zero attached hydrogens (tertiary/aromatic N) is 3. The number of benzene rings is 2. The van der Waals surface area contributed by atoms with Gasteiger partial charge in [0.2, 0.25) is 0 Å². The standard InChI is InChI=1S/C21H18Cl3N3O2/c1-25-8-10-26(11-9-25)19-18(13-2-4-14(22)5-3-13)20(28)27(21(19)29)15-6-7-16(23)17(24)12-15/h2-7,12H,8-11H2,1H3. The van der Waals surface area contributed by atoms with Crippen LogP contribution in [0.3, 0.4) is 0 Å². The molecule has 0 radical (unpaired) electrons. The normalized spacial score (nSPS) is 18.2. The van der Waals surface area contributed by atoms with Crippen LogP contribution in [0, 0.1) is 0 Å². The van der Waals surface area contributed by atoms with E-state index < -0.39 is 0 Å². The Balaban J connectivity index is 1.81. The van der Waals surface area contributed by atoms with Gasteiger partial charge in [0.25, 0.3) is 11.8 Å². The highest BCUT2D eigenvalue weighted by Crippen LogP contribution is 2.37. The van der Waals surface area contributed by atoms with Crippen molar-refractivity contribution in [2.45, 2.75) is 0 Å². The first kappa shape index (κ1) is 20.2. The molecule has 4 rings (SSSR count). The Kier molecular flexibility index (Phi) is 5.58. The summed E-state index contributed by atoms with van der Waals surface area (Å²) in [6.45, 7) is 2.95. The molecule has 0 spiro atoms. The van der Waals surface area contributed by atoms with Crippen LogP contribution in [-0.4, -0.2) is 54.8 Å². The van der Waals surface area contributed by atoms with Crippen molar-refractivity contribution in [1.82, 2.24) is 9.80 Å². The van der Waals surface area contributed by atoms with Gasteiger partial charge < -0.3 is 9.80 Å². The van der Waals surface area contributed by atoms with Crippen LogP contribution in [0.1, 0.15) is 5.56 Å². The summed E-state index contributed by atoms with van der Waals surface area (Å²) in [5.74, 6) is -0.743. The SMILES string of the molecule is CN1CCN(C2=C(c3ccc(Cl)cc3)C(=O)N(c3ccc(Cl)c(Cl)c3)C2=O)CC1. The van der Waals surface area contributed by atoms with Crippen LogP contribution >= 0.6 is 34.8 Å². The fourth-order valence-corrected chi connectivity index (χ4v) is 4.00. The number of anilines is 1. The Morgan fingerprint density at radius 1 is 0.793 bits per heavy atom. The van der Waals surface area contributed by atoms with Crippen LogP contribution in [0.25, 0.3) is 5.57 Å². The van der Waals surface area contributed by atoms with Crippen molar-refractivity contribution in [2.75, 3.05) is 38.1 Å². The second-order valence-corrected chi connectivity index (χ2v) is 8.32. The minimum Gasteiger partial charge on any atom is -0.364 e. The quantitative estimate of drug-likeness (QED) is 0.658. The molecular formula is C21H18Cl3N3O2. The molecule has 0 aliphatic carbocycles. The summed E-state index contributed by atoms with van der Waals surface area (Å²) in [7, 11) is 2.04. The number of hydrogen-bond donors (Lipinski definition) is 0. The number of imide groups is 1. The van der Waals surface area contributed by atoms with E-state index in [1.54, 1.807) is 36.4 Å². The Morgan fingerprint density at radius 2 is 1.45 bits per heavy atom. The number of hydrogen-bond acceptors (Lipinski definition) is 4. The lowest BCUT2D eigenvalue weighted by Gasteiger charge is -2.34. The van der Waals surface area contributed by atoms with Crippen molar-refractivity contribution < 1.29 is 9.59 Å². The summed E-state index contributed by atoms with van der Waals surface area (Å²) in [6.07, 6.45) is 0. The van der Waals surface area contributed by atoms with E-state index in [0.717, 1.165) is 13.1 Å². The van der Waals surface area contributed by atoms with Crippen LogP contribution < -0.4 is 4.90 Å². The molecule has 1 saturated heterocycles. The maximum Gasteiger partial charge on any atom is 0.282 e. The van der Waals surface area contributed by atoms with E-state index >= 15 is 0 Å². The molecule has 0 bridgehead atoms. The maximum atomic E-state index is 13.4. The van der Waals surface area contributed by atoms with Crippen molar-refractivity contribution in [1.29, 1.82) is 0 Å². The van der Waals surface area contributed by atoms with Gasteiger partial charge in [0.05, 0.1) is 21.3 Å². The lowest BCUT2D eigenvalue weighted by atomic mass is 10.0. The molecule has 0 atom stereocenters. The fourth-order valence-electron chi connectivity index (χ4n) is 3.58. The van der Waals surface area contributed by atoms with Crippen LogP contribution in [0.4, 0.5) is 5.69 Å². The third-order valence-corrected chi connectivity index (χ3v) is 6.16. The number of likely N-dealkylation sites (N-methyl/N-ethyl adjacent to an activating group) is 1. The third-order valence-electron chi connectivity index (χ3n) is 5.17. The Morgan fingerprint density at radius 3 is 2.07 bits per heavy atom. The van der Waals surface area contributed by atoms with Crippen molar-refractivity contribution in [3.8, 4) is 0 Å². The van der Waals surface area contributed by atoms with Crippen LogP contribution in [0.2, 0.25) is 15.1 Å². The second-order valence-electron chi connectivity index (χ2n) is 7.06. The average molecular weight is 451 g/mol. The summed E-state index contributed by atoms with van der Waals surface area (Å²) in [5, 5.41) is 1.21. The molecule has 2 amide bonds. The van der Waals surface area contributed by atoms with Gasteiger partial charge >= 0.3 is 0 Å². The van der Waals surface area contributed by atoms with Gasteiger partial charge in [0.15, 0.2) is 0 Å². The van der Waals surface area contributed by atoms with E-state index in [-0.39, 0.29) is 16.8 Å². The average Bonchev–Trinajstić information content (AvgIpc) is 2.96. The molecule has 2 aromatic rings. The number of amides is 2. The van der Waals surface area contributed by atoms with Gasteiger partial charge in [-0.2, -0.15) is 0 Å². The highest BCUT2D eigenvalue weighted by atomic mass is 35.5. The summed E-state index contributed by atoms with van der Waals surface area (Å²) >= 11 is 18.2. The first-order valence-corrected chi connectivity index (χ1v) is 10.3. The fraction of sp³-hybridized carbons (Fsp3) is 0.238. The van der Waals surface area contributed by atoms with Crippen molar-refractivity contribution in [3.63, 3.8) is 0 Å². The molecule has 0 N–H and O–H groups in total. The van der Waals surface area contributed by atoms with E-state index in [4.69, 9.17) is 34.8 Å². The summed E-state index contributed by atoms with van der Waals surface area (Å²) in [4.78, 5) is 32.2. The third kappa shape index (κ3) is 3.76. The van der Waals surface area contributed by atoms with E-state index in [1.165, 1.54) is 11.0 Å². The minimum absolute atomic E-state index is 0.283. The zero-order valence-electron chi connectivity index (χ0n) is 15.7. The lowest BCUT2D eigenvalue weighted by Crippen LogP contribution is -2.46. The van der Waals surface area contributed by atoms with E-state index in [2.05, 4.69) is 4.90 Å². The Labute approximate surface area is 184 Å². The second kappa shape index (κ2) is 8.00. The predicted octanol–water partition coefficient (Wildman–Crippen LogP) is 4.18. The number of carbonyl (C=O) groups excluding carboxylic acids is 2. The van der Waals surface area contributed by atoms with Crippen molar-refractivity contribution in [3.05, 3.63) is 68.8 Å². The van der Waals surface area contributed by atoms with Crippen molar-refractivity contribution in [2.24, 2.45) is 0 Å². The van der Waals surface area contributed by atoms with Gasteiger partial charge in [-0.05, 0) is 42.9 Å². The lowest BCUT2D eigenvalue weighted by molar-refractivity contribution is -0.120. The van der Waals surface area contributed by atoms with Crippen LogP contribution in [0.5, 0.6) is 0 Å². The maximum absolute atomic E-state index is 13.4. The molecular weight excluding hydrogens is 433 g/mol. The molecule has 2 aromatic carbocycles. The van der Waals surface area contributed by atoms with E-state index in [9.17, 15) is 9.59 Å². The van der Waals surface area contributed by atoms with Gasteiger partial charge in [-0.1, -0.05) is 46.9 Å². The minimum atomic E-state index is -0.385. The van der Waals surface area contributed by atoms with Gasteiger partial charge in [0.1, 0.15) is 5.70 Å². The Bertz CT molecular complexity index is 1010. The topological polar surface area (TPSA) is 43.9 Å². The summed E-state index contributed by atoms with van der Waals surface area (Å²) < 4.78 is 0. The van der Waals surface area contributed by atoms with Gasteiger partial charge in [-0.3, -0.25) is 9.59 Å². The predicted molar refractivity (Wildman–Crippen MR) is 116 cm³/mol. The van der Waals surface area contributed by atoms with Gasteiger partial charge in [-0.15, -0.1) is 0 Å². The molecule has 0 saturated carbocycles. The molecule has 8 heteroatoms. The largest absolute Gasteiger partial charge is 0.364 e. The molecule has 29 heavy (non-hydrogen) atoms. The molecule has 150 valence electrons. The monoisotopic (exact) mass is 449 g/mol. The highest BCUT2D eigenvalue weighted by Gasteiger charge is 2.43. The first-order valence-electron chi connectivity index (χ1n) is 9.14. The zero-order valence-corrected chi connectivity index (χ0v) is 17.9. The van der Waals surface area contributed by atoms with Crippen molar-refractivity contribution >= 4 is 57.9 Å². The summed E-state index contributed by atoms with van der Waals surface area (Å²) in [6, 6.07) is 11.7. The number of piperazine rings is 1. The molecule has 1 fully saturated rings. The molecule has 2 heterocycles. The first-order chi connectivity index (χ1) is 13.9. The molecule has 0 unspecified atom stereocenters.